The Morgan fingerprint density at radius 2 is 2.15 bits per heavy atom. The van der Waals surface area contributed by atoms with Crippen LogP contribution in [0.3, 0.4) is 0 Å². The lowest BCUT2D eigenvalue weighted by atomic mass is 10.2. The van der Waals surface area contributed by atoms with Crippen molar-refractivity contribution in [2.45, 2.75) is 13.8 Å². The number of anilines is 2. The number of hydrogen-bond acceptors (Lipinski definition) is 7. The summed E-state index contributed by atoms with van der Waals surface area (Å²) in [4.78, 5) is 17.0. The van der Waals surface area contributed by atoms with Crippen LogP contribution in [0, 0.1) is 13.8 Å². The van der Waals surface area contributed by atoms with Gasteiger partial charge < -0.3 is 14.5 Å². The van der Waals surface area contributed by atoms with Crippen molar-refractivity contribution in [3.63, 3.8) is 0 Å². The Hall–Kier alpha value is -2.84. The highest BCUT2D eigenvalue weighted by atomic mass is 35.5. The molecule has 0 bridgehead atoms. The topological polar surface area (TPSA) is 88.8 Å². The molecule has 2 aromatic heterocycles. The van der Waals surface area contributed by atoms with E-state index in [0.29, 0.717) is 32.8 Å². The molecular weight excluding hydrogens is 388 g/mol. The van der Waals surface area contributed by atoms with Crippen LogP contribution < -0.4 is 15.5 Å². The third-order valence-corrected chi connectivity index (χ3v) is 4.90. The minimum Gasteiger partial charge on any atom is -0.495 e. The van der Waals surface area contributed by atoms with E-state index in [1.807, 2.05) is 24.3 Å². The van der Waals surface area contributed by atoms with E-state index in [1.54, 1.807) is 27.0 Å². The third kappa shape index (κ3) is 4.47. The first-order chi connectivity index (χ1) is 13.0. The van der Waals surface area contributed by atoms with Crippen molar-refractivity contribution in [3.8, 4) is 5.75 Å². The second-order valence-corrected chi connectivity index (χ2v) is 6.91. The van der Waals surface area contributed by atoms with Crippen molar-refractivity contribution in [1.29, 1.82) is 0 Å². The van der Waals surface area contributed by atoms with Gasteiger partial charge in [0.15, 0.2) is 10.3 Å². The van der Waals surface area contributed by atoms with Crippen LogP contribution in [0.1, 0.15) is 26.8 Å². The lowest BCUT2D eigenvalue weighted by Crippen LogP contribution is -2.17. The van der Waals surface area contributed by atoms with Gasteiger partial charge in [-0.2, -0.15) is 5.10 Å². The standard InChI is InChI=1S/C18H17ClN4O3S/c1-10-8-12(11(2)26-10)17(24)23-20-9-15-16(19)22-18(27-15)21-13-6-4-5-7-14(13)25-3/h4-9H,1-3H3,(H,21,22)(H,23,24)/b20-9+. The molecule has 0 aliphatic heterocycles. The van der Waals surface area contributed by atoms with E-state index in [2.05, 4.69) is 20.8 Å². The number of para-hydroxylation sites is 2. The summed E-state index contributed by atoms with van der Waals surface area (Å²) < 4.78 is 10.6. The van der Waals surface area contributed by atoms with Crippen molar-refractivity contribution >= 4 is 45.9 Å². The predicted molar refractivity (Wildman–Crippen MR) is 107 cm³/mol. The summed E-state index contributed by atoms with van der Waals surface area (Å²) in [7, 11) is 1.60. The number of methoxy groups -OCH3 is 1. The van der Waals surface area contributed by atoms with Gasteiger partial charge >= 0.3 is 0 Å². The molecule has 0 aliphatic rings. The van der Waals surface area contributed by atoms with Gasteiger partial charge in [-0.05, 0) is 32.0 Å². The van der Waals surface area contributed by atoms with E-state index >= 15 is 0 Å². The van der Waals surface area contributed by atoms with Crippen LogP contribution in [0.4, 0.5) is 10.8 Å². The number of aromatic nitrogens is 1. The highest BCUT2D eigenvalue weighted by molar-refractivity contribution is 7.17. The fraction of sp³-hybridized carbons (Fsp3) is 0.167. The molecule has 7 nitrogen and oxygen atoms in total. The summed E-state index contributed by atoms with van der Waals surface area (Å²) in [6.45, 7) is 3.50. The predicted octanol–water partition coefficient (Wildman–Crippen LogP) is 4.52. The van der Waals surface area contributed by atoms with E-state index in [9.17, 15) is 4.79 Å². The zero-order valence-electron chi connectivity index (χ0n) is 14.9. The zero-order valence-corrected chi connectivity index (χ0v) is 16.4. The average molecular weight is 405 g/mol. The van der Waals surface area contributed by atoms with Crippen LogP contribution in [0.25, 0.3) is 0 Å². The molecule has 0 aliphatic carbocycles. The van der Waals surface area contributed by atoms with E-state index in [-0.39, 0.29) is 11.1 Å². The lowest BCUT2D eigenvalue weighted by molar-refractivity contribution is 0.0953. The van der Waals surface area contributed by atoms with Gasteiger partial charge in [-0.15, -0.1) is 0 Å². The largest absolute Gasteiger partial charge is 0.495 e. The van der Waals surface area contributed by atoms with Crippen LogP contribution >= 0.6 is 22.9 Å². The highest BCUT2D eigenvalue weighted by Gasteiger charge is 2.13. The molecule has 0 radical (unpaired) electrons. The highest BCUT2D eigenvalue weighted by Crippen LogP contribution is 2.31. The van der Waals surface area contributed by atoms with Crippen molar-refractivity contribution in [2.24, 2.45) is 5.10 Å². The summed E-state index contributed by atoms with van der Waals surface area (Å²) >= 11 is 7.45. The normalized spacial score (nSPS) is 11.0. The summed E-state index contributed by atoms with van der Waals surface area (Å²) in [6, 6.07) is 9.14. The van der Waals surface area contributed by atoms with E-state index in [4.69, 9.17) is 20.8 Å². The fourth-order valence-corrected chi connectivity index (χ4v) is 3.42. The Bertz CT molecular complexity index is 996. The molecule has 2 N–H and O–H groups in total. The SMILES string of the molecule is COc1ccccc1Nc1nc(Cl)c(/C=N/NC(=O)c2cc(C)oc2C)s1. The van der Waals surface area contributed by atoms with E-state index in [1.165, 1.54) is 17.6 Å². The van der Waals surface area contributed by atoms with Gasteiger partial charge in [0.1, 0.15) is 17.3 Å². The number of ether oxygens (including phenoxy) is 1. The Balaban J connectivity index is 1.68. The summed E-state index contributed by atoms with van der Waals surface area (Å²) in [5.41, 5.74) is 3.67. The molecule has 0 unspecified atom stereocenters. The Kier molecular flexibility index (Phi) is 5.78. The van der Waals surface area contributed by atoms with Crippen LogP contribution in [0.5, 0.6) is 5.75 Å². The van der Waals surface area contributed by atoms with Crippen molar-refractivity contribution < 1.29 is 13.9 Å². The minimum absolute atomic E-state index is 0.283. The van der Waals surface area contributed by atoms with Gasteiger partial charge in [-0.3, -0.25) is 4.79 Å². The molecular formula is C18H17ClN4O3S. The van der Waals surface area contributed by atoms with Gasteiger partial charge in [0, 0.05) is 0 Å². The molecule has 1 amide bonds. The Morgan fingerprint density at radius 1 is 1.37 bits per heavy atom. The molecule has 0 fully saturated rings. The summed E-state index contributed by atoms with van der Waals surface area (Å²) in [5.74, 6) is 1.55. The summed E-state index contributed by atoms with van der Waals surface area (Å²) in [5, 5.41) is 7.97. The van der Waals surface area contributed by atoms with Gasteiger partial charge in [0.05, 0.1) is 29.5 Å². The lowest BCUT2D eigenvalue weighted by Gasteiger charge is -2.07. The first-order valence-electron chi connectivity index (χ1n) is 7.94. The first-order valence-corrected chi connectivity index (χ1v) is 9.14. The molecule has 2 heterocycles. The summed E-state index contributed by atoms with van der Waals surface area (Å²) in [6.07, 6.45) is 1.45. The van der Waals surface area contributed by atoms with Crippen LogP contribution in [-0.4, -0.2) is 24.2 Å². The average Bonchev–Trinajstić information content (AvgIpc) is 3.16. The number of carbonyl (C=O) groups is 1. The number of furan rings is 1. The maximum atomic E-state index is 12.1. The molecule has 27 heavy (non-hydrogen) atoms. The molecule has 0 saturated heterocycles. The van der Waals surface area contributed by atoms with E-state index in [0.717, 1.165) is 5.69 Å². The maximum Gasteiger partial charge on any atom is 0.274 e. The molecule has 0 spiro atoms. The third-order valence-electron chi connectivity index (χ3n) is 3.59. The monoisotopic (exact) mass is 404 g/mol. The first kappa shape index (κ1) is 18.9. The van der Waals surface area contributed by atoms with E-state index < -0.39 is 0 Å². The van der Waals surface area contributed by atoms with Crippen LogP contribution in [0.15, 0.2) is 39.9 Å². The van der Waals surface area contributed by atoms with Crippen molar-refractivity contribution in [1.82, 2.24) is 10.4 Å². The quantitative estimate of drug-likeness (QED) is 0.465. The van der Waals surface area contributed by atoms with Gasteiger partial charge in [0.25, 0.3) is 5.91 Å². The number of thiazole rings is 1. The molecule has 3 rings (SSSR count). The number of hydrazone groups is 1. The second kappa shape index (κ2) is 8.24. The molecule has 0 atom stereocenters. The van der Waals surface area contributed by atoms with Gasteiger partial charge in [-0.25, -0.2) is 10.4 Å². The second-order valence-electron chi connectivity index (χ2n) is 5.53. The number of nitrogens with one attached hydrogen (secondary N) is 2. The molecule has 9 heteroatoms. The number of halogens is 1. The number of nitrogens with zero attached hydrogens (tertiary/aromatic N) is 2. The number of amides is 1. The number of benzene rings is 1. The van der Waals surface area contributed by atoms with Crippen LogP contribution in [0.2, 0.25) is 5.15 Å². The number of hydrogen-bond donors (Lipinski definition) is 2. The zero-order chi connectivity index (χ0) is 19.4. The smallest absolute Gasteiger partial charge is 0.274 e. The maximum absolute atomic E-state index is 12.1. The number of rotatable bonds is 6. The fourth-order valence-electron chi connectivity index (χ4n) is 2.38. The molecule has 1 aromatic carbocycles. The molecule has 0 saturated carbocycles. The van der Waals surface area contributed by atoms with Crippen LogP contribution in [-0.2, 0) is 0 Å². The molecule has 3 aromatic rings. The molecule has 140 valence electrons. The Labute approximate surface area is 165 Å². The van der Waals surface area contributed by atoms with Gasteiger partial charge in [0.2, 0.25) is 0 Å². The van der Waals surface area contributed by atoms with Gasteiger partial charge in [-0.1, -0.05) is 35.1 Å². The van der Waals surface area contributed by atoms with Crippen molar-refractivity contribution in [2.75, 3.05) is 12.4 Å². The van der Waals surface area contributed by atoms with Crippen molar-refractivity contribution in [3.05, 3.63) is 57.4 Å². The number of aryl methyl sites for hydroxylation is 2. The Morgan fingerprint density at radius 3 is 2.85 bits per heavy atom. The number of carbonyl (C=O) groups excluding carboxylic acids is 1. The minimum atomic E-state index is -0.353.